The van der Waals surface area contributed by atoms with E-state index in [1.807, 2.05) is 25.5 Å². The van der Waals surface area contributed by atoms with Gasteiger partial charge in [-0.15, -0.1) is 0 Å². The molecular formula is C7H12BNO2. The Morgan fingerprint density at radius 1 is 1.36 bits per heavy atom. The van der Waals surface area contributed by atoms with E-state index in [2.05, 4.69) is 0 Å². The van der Waals surface area contributed by atoms with Crippen LogP contribution >= 0.6 is 0 Å². The van der Waals surface area contributed by atoms with Gasteiger partial charge in [0, 0.05) is 23.9 Å². The van der Waals surface area contributed by atoms with E-state index in [1.54, 1.807) is 6.07 Å². The van der Waals surface area contributed by atoms with Crippen LogP contribution in [-0.4, -0.2) is 21.7 Å². The third kappa shape index (κ3) is 1.32. The van der Waals surface area contributed by atoms with Crippen molar-refractivity contribution in [2.24, 2.45) is 7.05 Å². The van der Waals surface area contributed by atoms with E-state index in [0.717, 1.165) is 11.4 Å². The van der Waals surface area contributed by atoms with Crippen molar-refractivity contribution in [3.8, 4) is 0 Å². The summed E-state index contributed by atoms with van der Waals surface area (Å²) >= 11 is 0. The van der Waals surface area contributed by atoms with Gasteiger partial charge in [0.05, 0.1) is 0 Å². The van der Waals surface area contributed by atoms with Gasteiger partial charge in [-0.2, -0.15) is 0 Å². The van der Waals surface area contributed by atoms with Crippen molar-refractivity contribution in [1.29, 1.82) is 0 Å². The van der Waals surface area contributed by atoms with Crippen LogP contribution in [0.1, 0.15) is 11.4 Å². The predicted molar refractivity (Wildman–Crippen MR) is 44.7 cm³/mol. The molecule has 60 valence electrons. The quantitative estimate of drug-likeness (QED) is 0.525. The van der Waals surface area contributed by atoms with E-state index in [4.69, 9.17) is 10.0 Å². The first-order valence-electron chi connectivity index (χ1n) is 3.53. The topological polar surface area (TPSA) is 45.4 Å². The molecule has 0 amide bonds. The molecule has 1 aromatic heterocycles. The number of hydrogen-bond acceptors (Lipinski definition) is 2. The molecule has 0 saturated carbocycles. The lowest BCUT2D eigenvalue weighted by atomic mass is 9.80. The van der Waals surface area contributed by atoms with Crippen molar-refractivity contribution in [3.05, 3.63) is 17.5 Å². The summed E-state index contributed by atoms with van der Waals surface area (Å²) in [6.07, 6.45) is 0. The second kappa shape index (κ2) is 2.72. The summed E-state index contributed by atoms with van der Waals surface area (Å²) in [5, 5.41) is 17.8. The average Bonchev–Trinajstić information content (AvgIpc) is 2.17. The summed E-state index contributed by atoms with van der Waals surface area (Å²) in [6, 6.07) is 1.78. The molecule has 0 aliphatic rings. The van der Waals surface area contributed by atoms with Gasteiger partial charge in [0.1, 0.15) is 0 Å². The molecular weight excluding hydrogens is 141 g/mol. The average molecular weight is 153 g/mol. The van der Waals surface area contributed by atoms with Gasteiger partial charge >= 0.3 is 7.12 Å². The molecule has 0 aromatic carbocycles. The van der Waals surface area contributed by atoms with Crippen molar-refractivity contribution >= 4 is 12.6 Å². The van der Waals surface area contributed by atoms with Crippen LogP contribution in [-0.2, 0) is 7.05 Å². The third-order valence-corrected chi connectivity index (χ3v) is 2.09. The first-order chi connectivity index (χ1) is 5.04. The molecule has 0 unspecified atom stereocenters. The first-order valence-corrected chi connectivity index (χ1v) is 3.53. The molecule has 1 heterocycles. The Morgan fingerprint density at radius 3 is 2.09 bits per heavy atom. The van der Waals surface area contributed by atoms with E-state index < -0.39 is 7.12 Å². The molecule has 0 spiro atoms. The molecule has 1 rings (SSSR count). The van der Waals surface area contributed by atoms with Crippen molar-refractivity contribution in [1.82, 2.24) is 4.57 Å². The van der Waals surface area contributed by atoms with Gasteiger partial charge in [0.15, 0.2) is 0 Å². The third-order valence-electron chi connectivity index (χ3n) is 2.09. The Kier molecular flexibility index (Phi) is 2.06. The van der Waals surface area contributed by atoms with E-state index in [9.17, 15) is 0 Å². The fourth-order valence-electron chi connectivity index (χ4n) is 1.15. The lowest BCUT2D eigenvalue weighted by Crippen LogP contribution is -2.31. The van der Waals surface area contributed by atoms with Gasteiger partial charge in [0.25, 0.3) is 0 Å². The predicted octanol–water partition coefficient (Wildman–Crippen LogP) is -0.678. The Hall–Kier alpha value is -0.735. The van der Waals surface area contributed by atoms with Crippen LogP contribution in [0.15, 0.2) is 6.07 Å². The maximum Gasteiger partial charge on any atom is 0.490 e. The minimum absolute atomic E-state index is 0.588. The van der Waals surface area contributed by atoms with Crippen LogP contribution in [0.4, 0.5) is 0 Å². The van der Waals surface area contributed by atoms with Gasteiger partial charge in [-0.05, 0) is 19.9 Å². The second-order valence-corrected chi connectivity index (χ2v) is 2.76. The lowest BCUT2D eigenvalue weighted by molar-refractivity contribution is 0.425. The summed E-state index contributed by atoms with van der Waals surface area (Å²) in [5.74, 6) is 0. The standard InChI is InChI=1S/C7H12BNO2/c1-5-4-7(8(10)11)6(2)9(5)3/h4,10-11H,1-3H3. The zero-order chi connectivity index (χ0) is 8.59. The maximum absolute atomic E-state index is 8.88. The smallest absolute Gasteiger partial charge is 0.423 e. The van der Waals surface area contributed by atoms with Gasteiger partial charge in [0.2, 0.25) is 0 Å². The SMILES string of the molecule is Cc1cc(B(O)O)c(C)n1C. The summed E-state index contributed by atoms with van der Waals surface area (Å²) in [5.41, 5.74) is 2.52. The highest BCUT2D eigenvalue weighted by Gasteiger charge is 2.17. The zero-order valence-electron chi connectivity index (χ0n) is 7.00. The highest BCUT2D eigenvalue weighted by molar-refractivity contribution is 6.59. The summed E-state index contributed by atoms with van der Waals surface area (Å²) in [7, 11) is 0.547. The van der Waals surface area contributed by atoms with Crippen LogP contribution in [0.2, 0.25) is 0 Å². The van der Waals surface area contributed by atoms with Crippen LogP contribution in [0, 0.1) is 13.8 Å². The number of hydrogen-bond donors (Lipinski definition) is 2. The summed E-state index contributed by atoms with van der Waals surface area (Å²) < 4.78 is 1.93. The molecule has 0 radical (unpaired) electrons. The molecule has 0 saturated heterocycles. The van der Waals surface area contributed by atoms with Crippen molar-refractivity contribution in [2.75, 3.05) is 0 Å². The van der Waals surface area contributed by atoms with Gasteiger partial charge in [-0.25, -0.2) is 0 Å². The van der Waals surface area contributed by atoms with E-state index in [0.29, 0.717) is 5.46 Å². The van der Waals surface area contributed by atoms with Crippen LogP contribution in [0.5, 0.6) is 0 Å². The summed E-state index contributed by atoms with van der Waals surface area (Å²) in [6.45, 7) is 3.79. The van der Waals surface area contributed by atoms with E-state index in [1.165, 1.54) is 0 Å². The number of nitrogens with zero attached hydrogens (tertiary/aromatic N) is 1. The van der Waals surface area contributed by atoms with Gasteiger partial charge < -0.3 is 14.6 Å². The van der Waals surface area contributed by atoms with E-state index >= 15 is 0 Å². The Bertz CT molecular complexity index is 268. The Labute approximate surface area is 66.4 Å². The normalized spacial score (nSPS) is 10.3. The zero-order valence-corrected chi connectivity index (χ0v) is 7.00. The highest BCUT2D eigenvalue weighted by atomic mass is 16.4. The van der Waals surface area contributed by atoms with Gasteiger partial charge in [-0.1, -0.05) is 0 Å². The van der Waals surface area contributed by atoms with Crippen molar-refractivity contribution in [2.45, 2.75) is 13.8 Å². The molecule has 4 heteroatoms. The largest absolute Gasteiger partial charge is 0.490 e. The fourth-order valence-corrected chi connectivity index (χ4v) is 1.15. The molecule has 0 atom stereocenters. The highest BCUT2D eigenvalue weighted by Crippen LogP contribution is 2.01. The molecule has 11 heavy (non-hydrogen) atoms. The monoisotopic (exact) mass is 153 g/mol. The van der Waals surface area contributed by atoms with Crippen LogP contribution in [0.3, 0.4) is 0 Å². The second-order valence-electron chi connectivity index (χ2n) is 2.76. The molecule has 0 bridgehead atoms. The fraction of sp³-hybridized carbons (Fsp3) is 0.429. The molecule has 3 nitrogen and oxygen atoms in total. The summed E-state index contributed by atoms with van der Waals surface area (Å²) in [4.78, 5) is 0. The number of aryl methyl sites for hydroxylation is 1. The Balaban J connectivity index is 3.19. The molecule has 1 aromatic rings. The first kappa shape index (κ1) is 8.36. The van der Waals surface area contributed by atoms with Crippen molar-refractivity contribution in [3.63, 3.8) is 0 Å². The van der Waals surface area contributed by atoms with Crippen LogP contribution in [0.25, 0.3) is 0 Å². The molecule has 2 N–H and O–H groups in total. The minimum atomic E-state index is -1.35. The van der Waals surface area contributed by atoms with Crippen LogP contribution < -0.4 is 5.46 Å². The molecule has 0 aliphatic carbocycles. The number of aromatic nitrogens is 1. The maximum atomic E-state index is 8.88. The van der Waals surface area contributed by atoms with E-state index in [-0.39, 0.29) is 0 Å². The molecule has 0 fully saturated rings. The Morgan fingerprint density at radius 2 is 1.91 bits per heavy atom. The number of rotatable bonds is 1. The molecule has 0 aliphatic heterocycles. The lowest BCUT2D eigenvalue weighted by Gasteiger charge is -2.00. The minimum Gasteiger partial charge on any atom is -0.423 e. The van der Waals surface area contributed by atoms with Gasteiger partial charge in [-0.3, -0.25) is 0 Å². The van der Waals surface area contributed by atoms with Crippen molar-refractivity contribution < 1.29 is 10.0 Å².